The zero-order chi connectivity index (χ0) is 13.7. The highest BCUT2D eigenvalue weighted by Crippen LogP contribution is 2.18. The summed E-state index contributed by atoms with van der Waals surface area (Å²) < 4.78 is 0. The third-order valence-electron chi connectivity index (χ3n) is 3.99. The standard InChI is InChI=1S/C15H30N4/c1-14(12-16-15-4-5-15)13-19-10-8-18(9-11-19)7-6-17(2)3/h15-16H,1,4-13H2,2-3H3. The van der Waals surface area contributed by atoms with Crippen LogP contribution in [0.4, 0.5) is 0 Å². The van der Waals surface area contributed by atoms with Crippen molar-refractivity contribution in [1.82, 2.24) is 20.0 Å². The Hall–Kier alpha value is -0.420. The van der Waals surface area contributed by atoms with Crippen molar-refractivity contribution in [1.29, 1.82) is 0 Å². The quantitative estimate of drug-likeness (QED) is 0.645. The van der Waals surface area contributed by atoms with Crippen molar-refractivity contribution < 1.29 is 0 Å². The van der Waals surface area contributed by atoms with E-state index in [4.69, 9.17) is 0 Å². The fraction of sp³-hybridized carbons (Fsp3) is 0.867. The molecule has 19 heavy (non-hydrogen) atoms. The first-order chi connectivity index (χ1) is 9.13. The molecular weight excluding hydrogens is 236 g/mol. The van der Waals surface area contributed by atoms with Gasteiger partial charge in [-0.1, -0.05) is 6.58 Å². The van der Waals surface area contributed by atoms with Crippen molar-refractivity contribution in [3.63, 3.8) is 0 Å². The maximum absolute atomic E-state index is 4.20. The molecule has 0 aromatic carbocycles. The topological polar surface area (TPSA) is 21.8 Å². The van der Waals surface area contributed by atoms with Gasteiger partial charge in [0.05, 0.1) is 0 Å². The van der Waals surface area contributed by atoms with Crippen molar-refractivity contribution in [2.75, 3.05) is 66.5 Å². The Kier molecular flexibility index (Phi) is 5.82. The lowest BCUT2D eigenvalue weighted by Crippen LogP contribution is -2.48. The molecule has 110 valence electrons. The Morgan fingerprint density at radius 1 is 1.16 bits per heavy atom. The predicted octanol–water partition coefficient (Wildman–Crippen LogP) is 0.474. The van der Waals surface area contributed by atoms with Gasteiger partial charge in [0.15, 0.2) is 0 Å². The zero-order valence-electron chi connectivity index (χ0n) is 12.7. The number of nitrogens with one attached hydrogen (secondary N) is 1. The van der Waals surface area contributed by atoms with E-state index in [0.717, 1.165) is 25.7 Å². The van der Waals surface area contributed by atoms with Gasteiger partial charge in [0.2, 0.25) is 0 Å². The van der Waals surface area contributed by atoms with Crippen molar-refractivity contribution >= 4 is 0 Å². The van der Waals surface area contributed by atoms with Crippen LogP contribution in [0.15, 0.2) is 12.2 Å². The molecule has 0 aromatic heterocycles. The van der Waals surface area contributed by atoms with Crippen LogP contribution in [0, 0.1) is 0 Å². The van der Waals surface area contributed by atoms with E-state index in [1.165, 1.54) is 51.1 Å². The van der Waals surface area contributed by atoms with Crippen molar-refractivity contribution in [2.24, 2.45) is 0 Å². The summed E-state index contributed by atoms with van der Waals surface area (Å²) in [5.41, 5.74) is 1.34. The molecule has 0 amide bonds. The molecule has 0 bridgehead atoms. The molecule has 0 unspecified atom stereocenters. The van der Waals surface area contributed by atoms with Crippen LogP contribution >= 0.6 is 0 Å². The Morgan fingerprint density at radius 2 is 1.79 bits per heavy atom. The van der Waals surface area contributed by atoms with E-state index in [1.807, 2.05) is 0 Å². The average molecular weight is 266 g/mol. The molecule has 1 saturated carbocycles. The summed E-state index contributed by atoms with van der Waals surface area (Å²) >= 11 is 0. The molecule has 4 nitrogen and oxygen atoms in total. The molecule has 0 radical (unpaired) electrons. The highest BCUT2D eigenvalue weighted by Gasteiger charge is 2.21. The number of likely N-dealkylation sites (N-methyl/N-ethyl adjacent to an activating group) is 1. The molecule has 0 atom stereocenters. The van der Waals surface area contributed by atoms with Crippen LogP contribution in [0.25, 0.3) is 0 Å². The highest BCUT2D eigenvalue weighted by atomic mass is 15.3. The molecule has 1 heterocycles. The molecule has 2 fully saturated rings. The molecule has 4 heteroatoms. The van der Waals surface area contributed by atoms with Gasteiger partial charge in [-0.05, 0) is 32.5 Å². The number of hydrogen-bond donors (Lipinski definition) is 1. The van der Waals surface area contributed by atoms with Crippen LogP contribution < -0.4 is 5.32 Å². The normalized spacial score (nSPS) is 22.1. The summed E-state index contributed by atoms with van der Waals surface area (Å²) in [7, 11) is 4.29. The molecule has 2 rings (SSSR count). The minimum atomic E-state index is 0.791. The van der Waals surface area contributed by atoms with Gasteiger partial charge in [-0.25, -0.2) is 0 Å². The molecule has 0 spiro atoms. The maximum Gasteiger partial charge on any atom is 0.0203 e. The third kappa shape index (κ3) is 6.04. The van der Waals surface area contributed by atoms with E-state index in [9.17, 15) is 0 Å². The number of piperazine rings is 1. The van der Waals surface area contributed by atoms with Gasteiger partial charge >= 0.3 is 0 Å². The van der Waals surface area contributed by atoms with Crippen LogP contribution in [0.2, 0.25) is 0 Å². The lowest BCUT2D eigenvalue weighted by Gasteiger charge is -2.35. The third-order valence-corrected chi connectivity index (χ3v) is 3.99. The van der Waals surface area contributed by atoms with Gasteiger partial charge in [0.1, 0.15) is 0 Å². The maximum atomic E-state index is 4.20. The minimum absolute atomic E-state index is 0.791. The van der Waals surface area contributed by atoms with Crippen molar-refractivity contribution in [2.45, 2.75) is 18.9 Å². The lowest BCUT2D eigenvalue weighted by molar-refractivity contribution is 0.132. The van der Waals surface area contributed by atoms with Gasteiger partial charge in [-0.15, -0.1) is 0 Å². The second kappa shape index (κ2) is 7.39. The predicted molar refractivity (Wildman–Crippen MR) is 81.6 cm³/mol. The summed E-state index contributed by atoms with van der Waals surface area (Å²) in [6.45, 7) is 13.4. The van der Waals surface area contributed by atoms with Gasteiger partial charge in [0.25, 0.3) is 0 Å². The first kappa shape index (κ1) is 15.0. The zero-order valence-corrected chi connectivity index (χ0v) is 12.7. The Labute approximate surface area is 118 Å². The van der Waals surface area contributed by atoms with Crippen LogP contribution in [0.1, 0.15) is 12.8 Å². The minimum Gasteiger partial charge on any atom is -0.310 e. The lowest BCUT2D eigenvalue weighted by atomic mass is 10.2. The summed E-state index contributed by atoms with van der Waals surface area (Å²) in [4.78, 5) is 7.38. The van der Waals surface area contributed by atoms with E-state index >= 15 is 0 Å². The van der Waals surface area contributed by atoms with Crippen LogP contribution in [0.3, 0.4) is 0 Å². The molecule has 1 N–H and O–H groups in total. The first-order valence-electron chi connectivity index (χ1n) is 7.63. The molecule has 1 aliphatic carbocycles. The highest BCUT2D eigenvalue weighted by molar-refractivity contribution is 5.02. The summed E-state index contributed by atoms with van der Waals surface area (Å²) in [6.07, 6.45) is 2.72. The fourth-order valence-corrected chi connectivity index (χ4v) is 2.46. The number of rotatable bonds is 8. The van der Waals surface area contributed by atoms with E-state index in [0.29, 0.717) is 0 Å². The SMILES string of the molecule is C=C(CNC1CC1)CN1CCN(CCN(C)C)CC1. The van der Waals surface area contributed by atoms with Gasteiger partial charge < -0.3 is 10.2 Å². The Balaban J connectivity index is 1.55. The Morgan fingerprint density at radius 3 is 2.37 bits per heavy atom. The smallest absolute Gasteiger partial charge is 0.0203 e. The summed E-state index contributed by atoms with van der Waals surface area (Å²) in [5.74, 6) is 0. The van der Waals surface area contributed by atoms with Crippen molar-refractivity contribution in [3.8, 4) is 0 Å². The van der Waals surface area contributed by atoms with E-state index in [-0.39, 0.29) is 0 Å². The number of nitrogens with zero attached hydrogens (tertiary/aromatic N) is 3. The summed E-state index contributed by atoms with van der Waals surface area (Å²) in [5, 5.41) is 3.55. The summed E-state index contributed by atoms with van der Waals surface area (Å²) in [6, 6.07) is 0.791. The van der Waals surface area contributed by atoms with Crippen LogP contribution in [-0.4, -0.2) is 87.2 Å². The average Bonchev–Trinajstić information content (AvgIpc) is 3.19. The van der Waals surface area contributed by atoms with Gasteiger partial charge in [-0.3, -0.25) is 9.80 Å². The molecule has 1 aliphatic heterocycles. The molecule has 0 aromatic rings. The molecule has 1 saturated heterocycles. The largest absolute Gasteiger partial charge is 0.310 e. The monoisotopic (exact) mass is 266 g/mol. The fourth-order valence-electron chi connectivity index (χ4n) is 2.46. The number of hydrogen-bond acceptors (Lipinski definition) is 4. The van der Waals surface area contributed by atoms with Crippen molar-refractivity contribution in [3.05, 3.63) is 12.2 Å². The molecular formula is C15H30N4. The van der Waals surface area contributed by atoms with E-state index < -0.39 is 0 Å². The van der Waals surface area contributed by atoms with Gasteiger partial charge in [-0.2, -0.15) is 0 Å². The van der Waals surface area contributed by atoms with E-state index in [1.54, 1.807) is 0 Å². The second-order valence-electron chi connectivity index (χ2n) is 6.33. The van der Waals surface area contributed by atoms with Crippen LogP contribution in [-0.2, 0) is 0 Å². The Bertz CT molecular complexity index is 278. The second-order valence-corrected chi connectivity index (χ2v) is 6.33. The van der Waals surface area contributed by atoms with E-state index in [2.05, 4.69) is 40.7 Å². The van der Waals surface area contributed by atoms with Gasteiger partial charge in [0, 0.05) is 58.4 Å². The molecule has 2 aliphatic rings. The first-order valence-corrected chi connectivity index (χ1v) is 7.63. The van der Waals surface area contributed by atoms with Crippen LogP contribution in [0.5, 0.6) is 0 Å².